The van der Waals surface area contributed by atoms with Gasteiger partial charge in [-0.25, -0.2) is 0 Å². The maximum Gasteiger partial charge on any atom is 0.382 e. The van der Waals surface area contributed by atoms with Crippen LogP contribution in [0.5, 0.6) is 5.75 Å². The molecule has 4 aliphatic heterocycles. The maximum atomic E-state index is 13.6. The molecule has 1 saturated carbocycles. The van der Waals surface area contributed by atoms with Gasteiger partial charge in [0.25, 0.3) is 0 Å². The number of hydrogen-bond acceptors (Lipinski definition) is 13. The predicted octanol–water partition coefficient (Wildman–Crippen LogP) is 10.1. The molecule has 16 heteroatoms. The fourth-order valence-electron chi connectivity index (χ4n) is 10.5. The minimum Gasteiger partial charge on any atom is -0.371 e. The van der Waals surface area contributed by atoms with Gasteiger partial charge in [-0.15, -0.1) is 0 Å². The zero-order valence-corrected chi connectivity index (χ0v) is 44.3. The quantitative estimate of drug-likeness (QED) is 0.0978. The summed E-state index contributed by atoms with van der Waals surface area (Å²) in [5.41, 5.74) is 3.45. The van der Waals surface area contributed by atoms with Crippen molar-refractivity contribution in [1.29, 1.82) is 0 Å². The number of rotatable bonds is 16. The van der Waals surface area contributed by atoms with Gasteiger partial charge >= 0.3 is 10.3 Å². The van der Waals surface area contributed by atoms with Crippen molar-refractivity contribution in [3.05, 3.63) is 204 Å². The molecule has 5 fully saturated rings. The molecule has 4 heterocycles. The van der Waals surface area contributed by atoms with E-state index in [1.807, 2.05) is 152 Å². The Balaban J connectivity index is 0.000000179. The van der Waals surface area contributed by atoms with Crippen molar-refractivity contribution < 1.29 is 59.4 Å². The second-order valence-corrected chi connectivity index (χ2v) is 22.7. The van der Waals surface area contributed by atoms with Crippen molar-refractivity contribution in [2.75, 3.05) is 13.2 Å². The molecule has 4 saturated heterocycles. The number of nitrogens with one attached hydrogen (secondary N) is 1. The summed E-state index contributed by atoms with van der Waals surface area (Å²) >= 11 is 0. The molecule has 13 atom stereocenters. The maximum absolute atomic E-state index is 13.6. The van der Waals surface area contributed by atoms with Crippen molar-refractivity contribution in [3.63, 3.8) is 0 Å². The molecule has 14 nitrogen and oxygen atoms in total. The average molecular weight is 1070 g/mol. The van der Waals surface area contributed by atoms with E-state index in [1.165, 1.54) is 0 Å². The molecule has 0 aromatic heterocycles. The molecule has 1 aliphatic carbocycles. The normalized spacial score (nSPS) is 30.8. The molecule has 1 N–H and O–H groups in total. The van der Waals surface area contributed by atoms with E-state index in [2.05, 4.69) is 18.6 Å². The number of fused-ring (bicyclic) bond motifs is 2. The van der Waals surface area contributed by atoms with Gasteiger partial charge in [0, 0.05) is 33.9 Å². The lowest BCUT2D eigenvalue weighted by molar-refractivity contribution is -0.363. The Morgan fingerprint density at radius 1 is 0.539 bits per heavy atom. The van der Waals surface area contributed by atoms with Crippen molar-refractivity contribution in [3.8, 4) is 5.75 Å². The molecule has 0 spiro atoms. The van der Waals surface area contributed by atoms with Gasteiger partial charge in [0.2, 0.25) is 0 Å². The van der Waals surface area contributed by atoms with E-state index >= 15 is 0 Å². The Hall–Kier alpha value is -5.18. The van der Waals surface area contributed by atoms with Crippen LogP contribution in [0, 0.1) is 11.8 Å². The molecule has 7 unspecified atom stereocenters. The second-order valence-electron chi connectivity index (χ2n) is 19.9. The third kappa shape index (κ3) is 13.9. The van der Waals surface area contributed by atoms with E-state index in [4.69, 9.17) is 46.8 Å². The topological polar surface area (TPSA) is 156 Å². The fraction of sp³-hybridized carbons (Fsp3) is 0.400. The highest BCUT2D eigenvalue weighted by Crippen LogP contribution is 2.42. The molecule has 5 aliphatic rings. The van der Waals surface area contributed by atoms with Crippen LogP contribution in [0.15, 0.2) is 187 Å². The summed E-state index contributed by atoms with van der Waals surface area (Å²) in [6.07, 6.45) is -0.871. The highest BCUT2D eigenvalue weighted by Gasteiger charge is 2.52. The smallest absolute Gasteiger partial charge is 0.371 e. The Morgan fingerprint density at radius 3 is 1.51 bits per heavy atom. The third-order valence-corrected chi connectivity index (χ3v) is 17.1. The van der Waals surface area contributed by atoms with E-state index in [0.29, 0.717) is 52.1 Å². The van der Waals surface area contributed by atoms with E-state index in [9.17, 15) is 12.6 Å². The summed E-state index contributed by atoms with van der Waals surface area (Å²) in [4.78, 5) is 0.723. The van der Waals surface area contributed by atoms with Crippen LogP contribution in [-0.4, -0.2) is 86.3 Å². The van der Waals surface area contributed by atoms with Gasteiger partial charge in [0.1, 0.15) is 30.2 Å². The Morgan fingerprint density at radius 2 is 0.987 bits per heavy atom. The highest BCUT2D eigenvalue weighted by atomic mass is 32.2. The monoisotopic (exact) mass is 1070 g/mol. The van der Waals surface area contributed by atoms with E-state index in [0.717, 1.165) is 27.1 Å². The zero-order chi connectivity index (χ0) is 52.3. The Bertz CT molecular complexity index is 2820. The van der Waals surface area contributed by atoms with Gasteiger partial charge in [-0.3, -0.25) is 4.21 Å². The van der Waals surface area contributed by atoms with Crippen molar-refractivity contribution >= 4 is 21.1 Å². The third-order valence-electron chi connectivity index (χ3n) is 14.5. The molecule has 6 aromatic rings. The zero-order valence-electron chi connectivity index (χ0n) is 42.7. The first-order valence-corrected chi connectivity index (χ1v) is 28.9. The largest absolute Gasteiger partial charge is 0.382 e. The number of para-hydroxylation sites is 1. The summed E-state index contributed by atoms with van der Waals surface area (Å²) in [6, 6.07) is 57.5. The average Bonchev–Trinajstić information content (AvgIpc) is 3.51. The first-order chi connectivity index (χ1) is 37.1. The molecule has 402 valence electrons. The minimum absolute atomic E-state index is 0.0270. The summed E-state index contributed by atoms with van der Waals surface area (Å²) in [5.74, 6) is 0.210. The van der Waals surface area contributed by atoms with Gasteiger partial charge in [-0.2, -0.15) is 13.1 Å². The Labute approximate surface area is 448 Å². The molecular formula is C60H67NO13S2. The van der Waals surface area contributed by atoms with Crippen LogP contribution in [0.4, 0.5) is 0 Å². The van der Waals surface area contributed by atoms with Crippen LogP contribution in [0.3, 0.4) is 0 Å². The van der Waals surface area contributed by atoms with Crippen LogP contribution in [0.2, 0.25) is 0 Å². The molecule has 0 bridgehead atoms. The van der Waals surface area contributed by atoms with Gasteiger partial charge < -0.3 is 46.8 Å². The molecular weight excluding hydrogens is 1010 g/mol. The molecule has 0 radical (unpaired) electrons. The van der Waals surface area contributed by atoms with Crippen LogP contribution in [0.1, 0.15) is 74.4 Å². The fourth-order valence-corrected chi connectivity index (χ4v) is 13.1. The SMILES string of the molecule is CC1[C@@H]2OC(c3ccccc3)OCC2O[C@@H](OC2CCC(NS(=O)(=O)Oc3ccccc3)CC2)[C@@H]1OCc1ccccc1.CC1[C@@H]2OC(c3ccccc3)OCC2O[C@H](S(=O)c2ccccc2)[C@@H]1OCc1ccccc1. The van der Waals surface area contributed by atoms with Gasteiger partial charge in [0.05, 0.1) is 55.5 Å². The highest BCUT2D eigenvalue weighted by molar-refractivity contribution is 7.85. The van der Waals surface area contributed by atoms with E-state index in [-0.39, 0.29) is 60.3 Å². The number of benzene rings is 6. The van der Waals surface area contributed by atoms with E-state index < -0.39 is 51.5 Å². The van der Waals surface area contributed by atoms with Crippen LogP contribution in [-0.2, 0) is 76.9 Å². The van der Waals surface area contributed by atoms with Gasteiger partial charge in [0.15, 0.2) is 24.3 Å². The summed E-state index contributed by atoms with van der Waals surface area (Å²) < 4.78 is 104. The van der Waals surface area contributed by atoms with E-state index in [1.54, 1.807) is 30.3 Å². The van der Waals surface area contributed by atoms with Crippen molar-refractivity contribution in [2.24, 2.45) is 11.8 Å². The Kier molecular flexibility index (Phi) is 18.5. The summed E-state index contributed by atoms with van der Waals surface area (Å²) in [7, 11) is -5.33. The first-order valence-electron chi connectivity index (χ1n) is 26.3. The van der Waals surface area contributed by atoms with Gasteiger partial charge in [-0.1, -0.05) is 172 Å². The van der Waals surface area contributed by atoms with Crippen molar-refractivity contribution in [2.45, 2.75) is 131 Å². The van der Waals surface area contributed by atoms with Crippen molar-refractivity contribution in [1.82, 2.24) is 4.72 Å². The first kappa shape index (κ1) is 54.2. The summed E-state index contributed by atoms with van der Waals surface area (Å²) in [6.45, 7) is 5.82. The van der Waals surface area contributed by atoms with Crippen LogP contribution < -0.4 is 8.91 Å². The molecule has 76 heavy (non-hydrogen) atoms. The molecule has 11 rings (SSSR count). The van der Waals surface area contributed by atoms with Gasteiger partial charge in [-0.05, 0) is 61.1 Å². The van der Waals surface area contributed by atoms with Crippen LogP contribution >= 0.6 is 0 Å². The lowest BCUT2D eigenvalue weighted by atomic mass is 9.89. The lowest BCUT2D eigenvalue weighted by Gasteiger charge is -2.49. The van der Waals surface area contributed by atoms with Crippen LogP contribution in [0.25, 0.3) is 0 Å². The lowest BCUT2D eigenvalue weighted by Crippen LogP contribution is -2.60. The summed E-state index contributed by atoms with van der Waals surface area (Å²) in [5, 5.41) is 0. The second kappa shape index (κ2) is 26.0. The number of ether oxygens (including phenoxy) is 9. The standard InChI is InChI=1S/C33H39NO8S.C27H28O5S/c1-23-30-29(22-38-32(41-30)25-13-7-3-8-14-25)40-33(31(23)37-21-24-11-5-2-6-12-24)39-27-19-17-26(18-20-27)34-43(35,36)42-28-15-9-4-10-16-28;1-19-24-23(18-30-26(32-24)21-13-7-3-8-14-21)31-27(33(28)22-15-9-4-10-16-22)25(19)29-17-20-11-5-2-6-12-20/h2-16,23,26-27,29-34H,17-22H2,1H3;2-16,19,23-27H,17-18H2,1H3/t23?,26?,27?,29?,30-,31+,32?,33+;19?,23?,24-,25+,26?,27+,33?/m00/s1. The molecule has 6 aromatic carbocycles. The predicted molar refractivity (Wildman–Crippen MR) is 285 cm³/mol. The molecule has 0 amide bonds. The minimum atomic E-state index is -3.93. The number of hydrogen-bond donors (Lipinski definition) is 1.